The number of benzene rings is 1. The van der Waals surface area contributed by atoms with Crippen LogP contribution in [0.1, 0.15) is 36.5 Å². The molecule has 4 rings (SSSR count). The number of hydrogen-bond donors (Lipinski definition) is 0. The molecule has 1 aliphatic heterocycles. The summed E-state index contributed by atoms with van der Waals surface area (Å²) in [6.07, 6.45) is 3.84. The molecule has 1 saturated heterocycles. The summed E-state index contributed by atoms with van der Waals surface area (Å²) in [5.41, 5.74) is 1.18. The third kappa shape index (κ3) is 4.25. The van der Waals surface area contributed by atoms with Gasteiger partial charge < -0.3 is 9.42 Å². The molecule has 6 nitrogen and oxygen atoms in total. The SMILES string of the molecule is O=C(C1CC1)N1CCCN(Cc2nc(Cc3ccccc3)no2)CC1. The lowest BCUT2D eigenvalue weighted by Crippen LogP contribution is -2.36. The van der Waals surface area contributed by atoms with E-state index in [0.29, 0.717) is 30.7 Å². The number of hydrogen-bond acceptors (Lipinski definition) is 5. The molecule has 1 aromatic carbocycles. The summed E-state index contributed by atoms with van der Waals surface area (Å²) in [5.74, 6) is 2.04. The molecule has 2 aromatic rings. The Morgan fingerprint density at radius 3 is 2.76 bits per heavy atom. The van der Waals surface area contributed by atoms with Crippen LogP contribution in [0.5, 0.6) is 0 Å². The summed E-state index contributed by atoms with van der Waals surface area (Å²) in [6, 6.07) is 10.2. The summed E-state index contributed by atoms with van der Waals surface area (Å²) in [4.78, 5) is 21.1. The predicted octanol–water partition coefficient (Wildman–Crippen LogP) is 2.10. The van der Waals surface area contributed by atoms with Crippen LogP contribution in [-0.4, -0.2) is 52.0 Å². The van der Waals surface area contributed by atoms with E-state index < -0.39 is 0 Å². The molecule has 132 valence electrons. The van der Waals surface area contributed by atoms with E-state index in [9.17, 15) is 4.79 Å². The smallest absolute Gasteiger partial charge is 0.240 e. The normalized spacial score (nSPS) is 19.0. The van der Waals surface area contributed by atoms with Gasteiger partial charge in [-0.3, -0.25) is 9.69 Å². The van der Waals surface area contributed by atoms with Crippen molar-refractivity contribution in [2.75, 3.05) is 26.2 Å². The Kier molecular flexibility index (Phi) is 4.78. The Hall–Kier alpha value is -2.21. The molecule has 0 radical (unpaired) electrons. The molecule has 0 atom stereocenters. The first-order valence-corrected chi connectivity index (χ1v) is 9.14. The van der Waals surface area contributed by atoms with Gasteiger partial charge >= 0.3 is 0 Å². The molecule has 0 spiro atoms. The maximum absolute atomic E-state index is 12.2. The predicted molar refractivity (Wildman–Crippen MR) is 92.7 cm³/mol. The van der Waals surface area contributed by atoms with Crippen LogP contribution in [0.2, 0.25) is 0 Å². The minimum atomic E-state index is 0.308. The lowest BCUT2D eigenvalue weighted by Gasteiger charge is -2.21. The largest absolute Gasteiger partial charge is 0.341 e. The average Bonchev–Trinajstić information content (AvgIpc) is 3.42. The van der Waals surface area contributed by atoms with Crippen LogP contribution in [0, 0.1) is 5.92 Å². The zero-order valence-electron chi connectivity index (χ0n) is 14.4. The van der Waals surface area contributed by atoms with Crippen LogP contribution in [0.3, 0.4) is 0 Å². The van der Waals surface area contributed by atoms with Crippen molar-refractivity contribution in [2.24, 2.45) is 5.92 Å². The van der Waals surface area contributed by atoms with Gasteiger partial charge in [-0.25, -0.2) is 0 Å². The van der Waals surface area contributed by atoms with E-state index in [1.54, 1.807) is 0 Å². The highest BCUT2D eigenvalue weighted by molar-refractivity contribution is 5.81. The lowest BCUT2D eigenvalue weighted by atomic mass is 10.1. The molecule has 0 bridgehead atoms. The molecule has 1 aliphatic carbocycles. The van der Waals surface area contributed by atoms with Crippen LogP contribution in [0.15, 0.2) is 34.9 Å². The summed E-state index contributed by atoms with van der Waals surface area (Å²) in [7, 11) is 0. The van der Waals surface area contributed by atoms with Crippen molar-refractivity contribution in [2.45, 2.75) is 32.2 Å². The number of aromatic nitrogens is 2. The molecule has 1 amide bonds. The Labute approximate surface area is 147 Å². The molecule has 0 unspecified atom stereocenters. The van der Waals surface area contributed by atoms with Gasteiger partial charge in [0.25, 0.3) is 0 Å². The fourth-order valence-corrected chi connectivity index (χ4v) is 3.33. The van der Waals surface area contributed by atoms with E-state index in [1.807, 2.05) is 23.1 Å². The molecule has 1 aromatic heterocycles. The quantitative estimate of drug-likeness (QED) is 0.834. The van der Waals surface area contributed by atoms with Gasteiger partial charge in [-0.15, -0.1) is 0 Å². The molecule has 2 fully saturated rings. The first-order chi connectivity index (χ1) is 12.3. The molecular formula is C19H24N4O2. The number of carbonyl (C=O) groups is 1. The summed E-state index contributed by atoms with van der Waals surface area (Å²) >= 11 is 0. The first kappa shape index (κ1) is 16.3. The molecule has 6 heteroatoms. The molecule has 25 heavy (non-hydrogen) atoms. The average molecular weight is 340 g/mol. The first-order valence-electron chi connectivity index (χ1n) is 9.14. The van der Waals surface area contributed by atoms with E-state index in [4.69, 9.17) is 4.52 Å². The molecule has 2 aliphatic rings. The minimum absolute atomic E-state index is 0.308. The lowest BCUT2D eigenvalue weighted by molar-refractivity contribution is -0.132. The maximum Gasteiger partial charge on any atom is 0.240 e. The van der Waals surface area contributed by atoms with Crippen LogP contribution in [-0.2, 0) is 17.8 Å². The van der Waals surface area contributed by atoms with Crippen molar-refractivity contribution in [3.8, 4) is 0 Å². The van der Waals surface area contributed by atoms with Crippen molar-refractivity contribution in [3.05, 3.63) is 47.6 Å². The fraction of sp³-hybridized carbons (Fsp3) is 0.526. The van der Waals surface area contributed by atoms with Gasteiger partial charge in [-0.1, -0.05) is 35.5 Å². The van der Waals surface area contributed by atoms with Gasteiger partial charge in [0.05, 0.1) is 6.54 Å². The molecular weight excluding hydrogens is 316 g/mol. The Balaban J connectivity index is 1.31. The van der Waals surface area contributed by atoms with Crippen LogP contribution < -0.4 is 0 Å². The number of nitrogens with zero attached hydrogens (tertiary/aromatic N) is 4. The van der Waals surface area contributed by atoms with E-state index in [-0.39, 0.29) is 0 Å². The standard InChI is InChI=1S/C19H24N4O2/c24-19(16-7-8-16)23-10-4-9-22(11-12-23)14-18-20-17(21-25-18)13-15-5-2-1-3-6-15/h1-3,5-6,16H,4,7-14H2. The third-order valence-electron chi connectivity index (χ3n) is 4.90. The zero-order chi connectivity index (χ0) is 17.1. The van der Waals surface area contributed by atoms with Crippen molar-refractivity contribution in [1.82, 2.24) is 19.9 Å². The summed E-state index contributed by atoms with van der Waals surface area (Å²) in [6.45, 7) is 4.17. The minimum Gasteiger partial charge on any atom is -0.341 e. The second kappa shape index (κ2) is 7.35. The number of carbonyl (C=O) groups excluding carboxylic acids is 1. The van der Waals surface area contributed by atoms with E-state index in [1.165, 1.54) is 5.56 Å². The number of rotatable bonds is 5. The van der Waals surface area contributed by atoms with E-state index in [2.05, 4.69) is 27.2 Å². The van der Waals surface area contributed by atoms with Crippen molar-refractivity contribution >= 4 is 5.91 Å². The number of amides is 1. The van der Waals surface area contributed by atoms with Crippen LogP contribution in [0.4, 0.5) is 0 Å². The summed E-state index contributed by atoms with van der Waals surface area (Å²) in [5, 5.41) is 4.10. The van der Waals surface area contributed by atoms with Crippen molar-refractivity contribution < 1.29 is 9.32 Å². The highest BCUT2D eigenvalue weighted by Crippen LogP contribution is 2.31. The Morgan fingerprint density at radius 2 is 1.96 bits per heavy atom. The van der Waals surface area contributed by atoms with E-state index >= 15 is 0 Å². The molecule has 0 N–H and O–H groups in total. The van der Waals surface area contributed by atoms with Gasteiger partial charge in [-0.2, -0.15) is 4.98 Å². The van der Waals surface area contributed by atoms with Crippen molar-refractivity contribution in [1.29, 1.82) is 0 Å². The molecule has 2 heterocycles. The zero-order valence-corrected chi connectivity index (χ0v) is 14.4. The Morgan fingerprint density at radius 1 is 1.12 bits per heavy atom. The third-order valence-corrected chi connectivity index (χ3v) is 4.90. The van der Waals surface area contributed by atoms with Gasteiger partial charge in [0.2, 0.25) is 11.8 Å². The monoisotopic (exact) mass is 340 g/mol. The van der Waals surface area contributed by atoms with Gasteiger partial charge in [0.15, 0.2) is 5.82 Å². The van der Waals surface area contributed by atoms with Crippen molar-refractivity contribution in [3.63, 3.8) is 0 Å². The second-order valence-electron chi connectivity index (χ2n) is 7.00. The van der Waals surface area contributed by atoms with Crippen LogP contribution in [0.25, 0.3) is 0 Å². The fourth-order valence-electron chi connectivity index (χ4n) is 3.33. The second-order valence-corrected chi connectivity index (χ2v) is 7.00. The summed E-state index contributed by atoms with van der Waals surface area (Å²) < 4.78 is 5.42. The van der Waals surface area contributed by atoms with E-state index in [0.717, 1.165) is 51.3 Å². The van der Waals surface area contributed by atoms with Crippen LogP contribution >= 0.6 is 0 Å². The van der Waals surface area contributed by atoms with Gasteiger partial charge in [0, 0.05) is 38.5 Å². The maximum atomic E-state index is 12.2. The highest BCUT2D eigenvalue weighted by Gasteiger charge is 2.34. The Bertz CT molecular complexity index is 711. The van der Waals surface area contributed by atoms with Gasteiger partial charge in [-0.05, 0) is 24.8 Å². The topological polar surface area (TPSA) is 62.5 Å². The highest BCUT2D eigenvalue weighted by atomic mass is 16.5. The molecule has 1 saturated carbocycles. The van der Waals surface area contributed by atoms with Gasteiger partial charge in [0.1, 0.15) is 0 Å².